The highest BCUT2D eigenvalue weighted by atomic mass is 16.5. The average molecular weight is 385 g/mol. The first-order valence-electron chi connectivity index (χ1n) is 10.2. The van der Waals surface area contributed by atoms with Gasteiger partial charge in [-0.05, 0) is 56.7 Å². The van der Waals surface area contributed by atoms with Crippen molar-refractivity contribution in [1.82, 2.24) is 0 Å². The Kier molecular flexibility index (Phi) is 5.76. The molecule has 1 amide bonds. The number of nitriles is 1. The fraction of sp³-hybridized carbons (Fsp3) is 0.591. The number of benzene rings is 1. The summed E-state index contributed by atoms with van der Waals surface area (Å²) in [6.07, 6.45) is 7.55. The van der Waals surface area contributed by atoms with Crippen molar-refractivity contribution < 1.29 is 18.8 Å². The van der Waals surface area contributed by atoms with Crippen molar-refractivity contribution in [2.75, 3.05) is 32.6 Å². The first kappa shape index (κ1) is 20.3. The zero-order valence-electron chi connectivity index (χ0n) is 17.1. The van der Waals surface area contributed by atoms with Crippen LogP contribution < -0.4 is 5.32 Å². The molecule has 150 valence electrons. The summed E-state index contributed by atoms with van der Waals surface area (Å²) in [6, 6.07) is 5.24. The van der Waals surface area contributed by atoms with E-state index in [9.17, 15) is 14.9 Å². The number of quaternary nitrogens is 1. The molecular formula is C22H30N3O3+. The molecule has 1 aliphatic heterocycles. The number of aryl methyl sites for hydroxylation is 1. The molecular weight excluding hydrogens is 354 g/mol. The largest absolute Gasteiger partial charge is 0.465 e. The van der Waals surface area contributed by atoms with Crippen LogP contribution in [-0.4, -0.2) is 49.1 Å². The molecule has 0 unspecified atom stereocenters. The van der Waals surface area contributed by atoms with Gasteiger partial charge in [-0.2, -0.15) is 5.26 Å². The van der Waals surface area contributed by atoms with Crippen LogP contribution in [0.3, 0.4) is 0 Å². The predicted molar refractivity (Wildman–Crippen MR) is 107 cm³/mol. The van der Waals surface area contributed by atoms with Crippen LogP contribution in [0.1, 0.15) is 66.4 Å². The minimum absolute atomic E-state index is 0.0129. The second-order valence-corrected chi connectivity index (χ2v) is 8.42. The maximum atomic E-state index is 13.6. The summed E-state index contributed by atoms with van der Waals surface area (Å²) < 4.78 is 5.67. The van der Waals surface area contributed by atoms with Crippen LogP contribution in [0.4, 0.5) is 5.69 Å². The standard InChI is InChI=1S/C22H29N3O3/c1-16-13-17(15-23)14-18(20(26)28-3)19(16)24-21(27)22(9-8-10-22)25(2)11-6-4-5-7-12-25/h13-14H,4-12H2,1-3H3/p+1. The summed E-state index contributed by atoms with van der Waals surface area (Å²) in [4.78, 5) is 25.9. The van der Waals surface area contributed by atoms with Gasteiger partial charge in [0.15, 0.2) is 5.54 Å². The molecule has 0 bridgehead atoms. The van der Waals surface area contributed by atoms with E-state index < -0.39 is 11.5 Å². The molecule has 1 saturated carbocycles. The molecule has 6 heteroatoms. The van der Waals surface area contributed by atoms with E-state index in [1.807, 2.05) is 0 Å². The number of amides is 1. The number of likely N-dealkylation sites (N-methyl/N-ethyl adjacent to an activating group) is 1. The van der Waals surface area contributed by atoms with Crippen molar-refractivity contribution in [2.45, 2.75) is 57.4 Å². The number of nitrogens with zero attached hydrogens (tertiary/aromatic N) is 2. The highest BCUT2D eigenvalue weighted by Gasteiger charge is 2.58. The lowest BCUT2D eigenvalue weighted by molar-refractivity contribution is -0.954. The van der Waals surface area contributed by atoms with Gasteiger partial charge in [-0.15, -0.1) is 0 Å². The topological polar surface area (TPSA) is 79.2 Å². The molecule has 1 aromatic rings. The van der Waals surface area contributed by atoms with E-state index in [0.717, 1.165) is 49.7 Å². The molecule has 1 aromatic carbocycles. The van der Waals surface area contributed by atoms with Gasteiger partial charge in [-0.3, -0.25) is 4.79 Å². The van der Waals surface area contributed by atoms with Crippen LogP contribution in [0.5, 0.6) is 0 Å². The quantitative estimate of drug-likeness (QED) is 0.636. The SMILES string of the molecule is COC(=O)c1cc(C#N)cc(C)c1NC(=O)C1([N+]2(C)CCCCCC2)CCC1. The number of likely N-dealkylation sites (tertiary alicyclic amines) is 1. The molecule has 2 aliphatic rings. The lowest BCUT2D eigenvalue weighted by Gasteiger charge is -2.54. The van der Waals surface area contributed by atoms with Crippen molar-refractivity contribution in [3.63, 3.8) is 0 Å². The molecule has 0 spiro atoms. The fourth-order valence-electron chi connectivity index (χ4n) is 4.86. The molecule has 28 heavy (non-hydrogen) atoms. The van der Waals surface area contributed by atoms with E-state index in [1.165, 1.54) is 26.0 Å². The molecule has 1 aliphatic carbocycles. The smallest absolute Gasteiger partial charge is 0.340 e. The Morgan fingerprint density at radius 2 is 1.79 bits per heavy atom. The number of ether oxygens (including phenoxy) is 1. The van der Waals surface area contributed by atoms with Crippen LogP contribution in [0.15, 0.2) is 12.1 Å². The number of esters is 1. The summed E-state index contributed by atoms with van der Waals surface area (Å²) in [5, 5.41) is 12.3. The van der Waals surface area contributed by atoms with E-state index in [4.69, 9.17) is 4.74 Å². The third kappa shape index (κ3) is 3.40. The Bertz CT molecular complexity index is 813. The molecule has 0 atom stereocenters. The van der Waals surface area contributed by atoms with Crippen LogP contribution in [0, 0.1) is 18.3 Å². The highest BCUT2D eigenvalue weighted by Crippen LogP contribution is 2.44. The Balaban J connectivity index is 1.96. The molecule has 3 rings (SSSR count). The highest BCUT2D eigenvalue weighted by molar-refractivity contribution is 6.05. The summed E-state index contributed by atoms with van der Waals surface area (Å²) >= 11 is 0. The first-order valence-corrected chi connectivity index (χ1v) is 10.2. The van der Waals surface area contributed by atoms with Gasteiger partial charge in [0, 0.05) is 12.8 Å². The maximum Gasteiger partial charge on any atom is 0.340 e. The zero-order chi connectivity index (χ0) is 20.4. The Morgan fingerprint density at radius 1 is 1.14 bits per heavy atom. The second kappa shape index (κ2) is 7.92. The summed E-state index contributed by atoms with van der Waals surface area (Å²) in [5.74, 6) is -0.561. The summed E-state index contributed by atoms with van der Waals surface area (Å²) in [5.41, 5.74) is 1.34. The zero-order valence-corrected chi connectivity index (χ0v) is 17.1. The van der Waals surface area contributed by atoms with Gasteiger partial charge in [-0.25, -0.2) is 4.79 Å². The third-order valence-electron chi connectivity index (χ3n) is 6.80. The fourth-order valence-corrected chi connectivity index (χ4v) is 4.86. The maximum absolute atomic E-state index is 13.6. The Hall–Kier alpha value is -2.39. The van der Waals surface area contributed by atoms with Crippen molar-refractivity contribution in [3.8, 4) is 6.07 Å². The van der Waals surface area contributed by atoms with Crippen LogP contribution in [0.25, 0.3) is 0 Å². The molecule has 1 saturated heterocycles. The number of rotatable bonds is 4. The summed E-state index contributed by atoms with van der Waals surface area (Å²) in [6.45, 7) is 3.84. The van der Waals surface area contributed by atoms with Crippen molar-refractivity contribution in [1.29, 1.82) is 5.26 Å². The van der Waals surface area contributed by atoms with Gasteiger partial charge in [0.05, 0.1) is 50.1 Å². The van der Waals surface area contributed by atoms with Crippen molar-refractivity contribution in [3.05, 3.63) is 28.8 Å². The molecule has 2 fully saturated rings. The molecule has 0 radical (unpaired) electrons. The van der Waals surface area contributed by atoms with Crippen molar-refractivity contribution in [2.24, 2.45) is 0 Å². The van der Waals surface area contributed by atoms with E-state index in [2.05, 4.69) is 18.4 Å². The molecule has 6 nitrogen and oxygen atoms in total. The third-order valence-corrected chi connectivity index (χ3v) is 6.80. The average Bonchev–Trinajstić information content (AvgIpc) is 2.86. The van der Waals surface area contributed by atoms with Crippen molar-refractivity contribution >= 4 is 17.6 Å². The minimum atomic E-state index is -0.548. The Morgan fingerprint density at radius 3 is 2.29 bits per heavy atom. The van der Waals surface area contributed by atoms with Crippen LogP contribution in [0.2, 0.25) is 0 Å². The number of hydrogen-bond acceptors (Lipinski definition) is 4. The van der Waals surface area contributed by atoms with Gasteiger partial charge in [0.25, 0.3) is 5.91 Å². The van der Waals surface area contributed by atoms with Crippen LogP contribution >= 0.6 is 0 Å². The first-order chi connectivity index (χ1) is 13.4. The number of carbonyl (C=O) groups excluding carboxylic acids is 2. The number of carbonyl (C=O) groups is 2. The lowest BCUT2D eigenvalue weighted by Crippen LogP contribution is -2.71. The monoisotopic (exact) mass is 384 g/mol. The molecule has 1 heterocycles. The number of hydrogen-bond donors (Lipinski definition) is 1. The second-order valence-electron chi connectivity index (χ2n) is 8.42. The minimum Gasteiger partial charge on any atom is -0.465 e. The van der Waals surface area contributed by atoms with E-state index in [1.54, 1.807) is 13.0 Å². The number of anilines is 1. The lowest BCUT2D eigenvalue weighted by atomic mass is 9.72. The van der Waals surface area contributed by atoms with Crippen LogP contribution in [-0.2, 0) is 9.53 Å². The molecule has 1 N–H and O–H groups in total. The van der Waals surface area contributed by atoms with Gasteiger partial charge >= 0.3 is 5.97 Å². The number of nitrogens with one attached hydrogen (secondary N) is 1. The van der Waals surface area contributed by atoms with Gasteiger partial charge in [-0.1, -0.05) is 0 Å². The number of methoxy groups -OCH3 is 1. The normalized spacial score (nSPS) is 20.2. The molecule has 0 aromatic heterocycles. The van der Waals surface area contributed by atoms with Gasteiger partial charge in [0.1, 0.15) is 0 Å². The van der Waals surface area contributed by atoms with Gasteiger partial charge in [0.2, 0.25) is 0 Å². The van der Waals surface area contributed by atoms with E-state index >= 15 is 0 Å². The summed E-state index contributed by atoms with van der Waals surface area (Å²) in [7, 11) is 3.52. The van der Waals surface area contributed by atoms with Gasteiger partial charge < -0.3 is 14.5 Å². The Labute approximate surface area is 167 Å². The predicted octanol–water partition coefficient (Wildman–Crippen LogP) is 3.54. The van der Waals surface area contributed by atoms with E-state index in [-0.39, 0.29) is 11.5 Å². The van der Waals surface area contributed by atoms with E-state index in [0.29, 0.717) is 16.8 Å².